The Morgan fingerprint density at radius 3 is 2.55 bits per heavy atom. The molecule has 0 atom stereocenters. The van der Waals surface area contributed by atoms with E-state index in [0.717, 1.165) is 6.42 Å². The summed E-state index contributed by atoms with van der Waals surface area (Å²) in [5, 5.41) is 0. The molecule has 0 unspecified atom stereocenters. The summed E-state index contributed by atoms with van der Waals surface area (Å²) >= 11 is 0. The van der Waals surface area contributed by atoms with Gasteiger partial charge in [0.05, 0.1) is 0 Å². The average Bonchev–Trinajstić information content (AvgIpc) is 2.43. The summed E-state index contributed by atoms with van der Waals surface area (Å²) in [5.41, 5.74) is 1.11. The van der Waals surface area contributed by atoms with Crippen molar-refractivity contribution in [2.24, 2.45) is 0 Å². The molecular formula is C15H20N2O3. The molecule has 0 saturated heterocycles. The Hall–Kier alpha value is -1.91. The van der Waals surface area contributed by atoms with Crippen LogP contribution < -0.4 is 5.56 Å². The van der Waals surface area contributed by atoms with Gasteiger partial charge in [0.15, 0.2) is 5.78 Å². The molecule has 0 fully saturated rings. The molecule has 1 aromatic heterocycles. The number of ketones is 1. The minimum absolute atomic E-state index is 0.0248. The quantitative estimate of drug-likeness (QED) is 0.831. The second kappa shape index (κ2) is 6.03. The van der Waals surface area contributed by atoms with Gasteiger partial charge in [-0.3, -0.25) is 14.4 Å². The summed E-state index contributed by atoms with van der Waals surface area (Å²) in [6.07, 6.45) is 1.95. The first-order valence-corrected chi connectivity index (χ1v) is 7.12. The van der Waals surface area contributed by atoms with Crippen LogP contribution in [0.3, 0.4) is 0 Å². The fourth-order valence-corrected chi connectivity index (χ4v) is 2.68. The third kappa shape index (κ3) is 2.66. The van der Waals surface area contributed by atoms with E-state index in [1.54, 1.807) is 11.0 Å². The molecule has 0 spiro atoms. The van der Waals surface area contributed by atoms with Gasteiger partial charge in [0.25, 0.3) is 5.56 Å². The molecule has 20 heavy (non-hydrogen) atoms. The highest BCUT2D eigenvalue weighted by molar-refractivity contribution is 5.98. The molecule has 0 radical (unpaired) electrons. The second-order valence-electron chi connectivity index (χ2n) is 4.96. The van der Waals surface area contributed by atoms with Crippen LogP contribution in [0.1, 0.15) is 42.7 Å². The first kappa shape index (κ1) is 14.5. The Kier molecular flexibility index (Phi) is 4.37. The number of carbonyl (C=O) groups is 2. The summed E-state index contributed by atoms with van der Waals surface area (Å²) in [6, 6.07) is 2.98. The fraction of sp³-hybridized carbons (Fsp3) is 0.533. The zero-order valence-corrected chi connectivity index (χ0v) is 12.0. The number of hydrogen-bond donors (Lipinski definition) is 0. The van der Waals surface area contributed by atoms with E-state index in [0.29, 0.717) is 37.2 Å². The number of pyridine rings is 1. The van der Waals surface area contributed by atoms with Crippen molar-refractivity contribution in [3.8, 4) is 0 Å². The summed E-state index contributed by atoms with van der Waals surface area (Å²) in [6.45, 7) is 5.09. The Balaban J connectivity index is 2.37. The number of hydrogen-bond acceptors (Lipinski definition) is 3. The first-order valence-electron chi connectivity index (χ1n) is 7.12. The lowest BCUT2D eigenvalue weighted by atomic mass is 9.94. The number of fused-ring (bicyclic) bond motifs is 1. The predicted molar refractivity (Wildman–Crippen MR) is 75.9 cm³/mol. The van der Waals surface area contributed by atoms with Crippen molar-refractivity contribution in [2.45, 2.75) is 39.7 Å². The maximum absolute atomic E-state index is 12.2. The van der Waals surface area contributed by atoms with Crippen molar-refractivity contribution in [2.75, 3.05) is 13.1 Å². The number of nitrogens with zero attached hydrogens (tertiary/aromatic N) is 2. The van der Waals surface area contributed by atoms with E-state index in [-0.39, 0.29) is 23.8 Å². The summed E-state index contributed by atoms with van der Waals surface area (Å²) in [4.78, 5) is 37.8. The van der Waals surface area contributed by atoms with E-state index in [1.807, 2.05) is 13.8 Å². The minimum Gasteiger partial charge on any atom is -0.342 e. The second-order valence-corrected chi connectivity index (χ2v) is 4.96. The number of likely N-dealkylation sites (N-methyl/N-ethyl adjacent to an activating group) is 1. The molecule has 1 aromatic rings. The van der Waals surface area contributed by atoms with Crippen molar-refractivity contribution < 1.29 is 9.59 Å². The third-order valence-corrected chi connectivity index (χ3v) is 3.82. The summed E-state index contributed by atoms with van der Waals surface area (Å²) in [5.74, 6) is -0.0150. The van der Waals surface area contributed by atoms with Gasteiger partial charge in [0.1, 0.15) is 6.54 Å². The molecule has 108 valence electrons. The van der Waals surface area contributed by atoms with Crippen LogP contribution >= 0.6 is 0 Å². The zero-order chi connectivity index (χ0) is 14.7. The molecule has 0 aromatic carbocycles. The van der Waals surface area contributed by atoms with Crippen molar-refractivity contribution in [1.82, 2.24) is 9.47 Å². The Morgan fingerprint density at radius 2 is 1.90 bits per heavy atom. The van der Waals surface area contributed by atoms with Crippen LogP contribution in [-0.4, -0.2) is 34.2 Å². The van der Waals surface area contributed by atoms with Crippen LogP contribution in [0.4, 0.5) is 0 Å². The number of aromatic nitrogens is 1. The molecule has 1 aliphatic carbocycles. The SMILES string of the molecule is CCN(CC)C(=O)Cn1c2c(ccc1=O)C(=O)CCC2. The van der Waals surface area contributed by atoms with Gasteiger partial charge in [0.2, 0.25) is 5.91 Å². The van der Waals surface area contributed by atoms with Crippen LogP contribution in [-0.2, 0) is 17.8 Å². The van der Waals surface area contributed by atoms with Gasteiger partial charge in [-0.05, 0) is 32.8 Å². The van der Waals surface area contributed by atoms with Gasteiger partial charge in [-0.25, -0.2) is 0 Å². The first-order chi connectivity index (χ1) is 9.58. The van der Waals surface area contributed by atoms with E-state index in [4.69, 9.17) is 0 Å². The number of carbonyl (C=O) groups excluding carboxylic acids is 2. The number of rotatable bonds is 4. The van der Waals surface area contributed by atoms with Crippen LogP contribution in [0.15, 0.2) is 16.9 Å². The topological polar surface area (TPSA) is 59.4 Å². The van der Waals surface area contributed by atoms with Gasteiger partial charge in [0, 0.05) is 36.8 Å². The van der Waals surface area contributed by atoms with Gasteiger partial charge in [-0.1, -0.05) is 0 Å². The molecular weight excluding hydrogens is 256 g/mol. The normalized spacial score (nSPS) is 14.0. The fourth-order valence-electron chi connectivity index (χ4n) is 2.68. The zero-order valence-electron chi connectivity index (χ0n) is 12.0. The van der Waals surface area contributed by atoms with Crippen molar-refractivity contribution >= 4 is 11.7 Å². The lowest BCUT2D eigenvalue weighted by Gasteiger charge is -2.23. The number of amides is 1. The van der Waals surface area contributed by atoms with Crippen LogP contribution in [0.25, 0.3) is 0 Å². The highest BCUT2D eigenvalue weighted by Crippen LogP contribution is 2.19. The van der Waals surface area contributed by atoms with Crippen molar-refractivity contribution in [3.05, 3.63) is 33.7 Å². The number of Topliss-reactive ketones (excluding diaryl/α,β-unsaturated/α-hetero) is 1. The third-order valence-electron chi connectivity index (χ3n) is 3.82. The molecule has 0 N–H and O–H groups in total. The summed E-state index contributed by atoms with van der Waals surface area (Å²) < 4.78 is 1.47. The van der Waals surface area contributed by atoms with E-state index in [2.05, 4.69) is 0 Å². The predicted octanol–water partition coefficient (Wildman–Crippen LogP) is 1.24. The molecule has 5 heteroatoms. The monoisotopic (exact) mass is 276 g/mol. The minimum atomic E-state index is -0.209. The molecule has 1 aliphatic rings. The van der Waals surface area contributed by atoms with Crippen LogP contribution in [0.2, 0.25) is 0 Å². The Labute approximate surface area is 118 Å². The molecule has 5 nitrogen and oxygen atoms in total. The van der Waals surface area contributed by atoms with E-state index < -0.39 is 0 Å². The van der Waals surface area contributed by atoms with Crippen LogP contribution in [0, 0.1) is 0 Å². The Morgan fingerprint density at radius 1 is 1.20 bits per heavy atom. The molecule has 1 amide bonds. The smallest absolute Gasteiger partial charge is 0.251 e. The van der Waals surface area contributed by atoms with Crippen molar-refractivity contribution in [1.29, 1.82) is 0 Å². The molecule has 0 aliphatic heterocycles. The maximum Gasteiger partial charge on any atom is 0.251 e. The molecule has 0 saturated carbocycles. The van der Waals surface area contributed by atoms with Crippen LogP contribution in [0.5, 0.6) is 0 Å². The highest BCUT2D eigenvalue weighted by atomic mass is 16.2. The molecule has 2 rings (SSSR count). The standard InChI is InChI=1S/C15H20N2O3/c1-3-16(4-2)15(20)10-17-12-6-5-7-13(18)11(12)8-9-14(17)19/h8-9H,3-7,10H2,1-2H3. The van der Waals surface area contributed by atoms with Gasteiger partial charge in [-0.2, -0.15) is 0 Å². The van der Waals surface area contributed by atoms with E-state index in [9.17, 15) is 14.4 Å². The van der Waals surface area contributed by atoms with Gasteiger partial charge >= 0.3 is 0 Å². The highest BCUT2D eigenvalue weighted by Gasteiger charge is 2.22. The largest absolute Gasteiger partial charge is 0.342 e. The van der Waals surface area contributed by atoms with Gasteiger partial charge < -0.3 is 9.47 Å². The van der Waals surface area contributed by atoms with Gasteiger partial charge in [-0.15, -0.1) is 0 Å². The maximum atomic E-state index is 12.2. The van der Waals surface area contributed by atoms with E-state index in [1.165, 1.54) is 10.6 Å². The van der Waals surface area contributed by atoms with E-state index >= 15 is 0 Å². The molecule has 1 heterocycles. The Bertz CT molecular complexity index is 585. The molecule has 0 bridgehead atoms. The summed E-state index contributed by atoms with van der Waals surface area (Å²) in [7, 11) is 0. The lowest BCUT2D eigenvalue weighted by molar-refractivity contribution is -0.131. The van der Waals surface area contributed by atoms with Crippen molar-refractivity contribution in [3.63, 3.8) is 0 Å². The average molecular weight is 276 g/mol. The lowest BCUT2D eigenvalue weighted by Crippen LogP contribution is -2.38.